The lowest BCUT2D eigenvalue weighted by molar-refractivity contribution is -0.119. The van der Waals surface area contributed by atoms with Crippen LogP contribution in [0.2, 0.25) is 0 Å². The largest absolute Gasteiger partial charge is 0.490 e. The highest BCUT2D eigenvalue weighted by molar-refractivity contribution is 7.13. The predicted molar refractivity (Wildman–Crippen MR) is 99.3 cm³/mol. The van der Waals surface area contributed by atoms with Gasteiger partial charge in [-0.3, -0.25) is 4.79 Å². The van der Waals surface area contributed by atoms with E-state index in [0.717, 1.165) is 5.01 Å². The first-order valence-electron chi connectivity index (χ1n) is 8.25. The molecule has 0 unspecified atom stereocenters. The molecule has 0 spiro atoms. The first-order valence-corrected chi connectivity index (χ1v) is 9.06. The number of hydrogen-bond donors (Lipinski definition) is 1. The molecular weight excluding hydrogens is 356 g/mol. The highest BCUT2D eigenvalue weighted by Crippen LogP contribution is 2.30. The number of carbonyl (C=O) groups excluding carboxylic acids is 2. The Labute approximate surface area is 156 Å². The van der Waals surface area contributed by atoms with E-state index >= 15 is 0 Å². The summed E-state index contributed by atoms with van der Waals surface area (Å²) in [5.74, 6) is 0.156. The van der Waals surface area contributed by atoms with E-state index in [0.29, 0.717) is 41.0 Å². The molecule has 0 saturated heterocycles. The summed E-state index contributed by atoms with van der Waals surface area (Å²) in [5.41, 5.74) is 1.13. The molecular formula is C18H22N2O5S. The number of thiazole rings is 1. The van der Waals surface area contributed by atoms with Crippen LogP contribution in [0.3, 0.4) is 0 Å². The molecule has 2 rings (SSSR count). The van der Waals surface area contributed by atoms with E-state index in [9.17, 15) is 9.59 Å². The zero-order chi connectivity index (χ0) is 19.1. The van der Waals surface area contributed by atoms with E-state index in [1.54, 1.807) is 25.1 Å². The van der Waals surface area contributed by atoms with Crippen molar-refractivity contribution in [3.8, 4) is 11.5 Å². The molecule has 8 heteroatoms. The zero-order valence-electron chi connectivity index (χ0n) is 15.3. The minimum Gasteiger partial charge on any atom is -0.490 e. The molecule has 1 heterocycles. The second-order valence-corrected chi connectivity index (χ2v) is 6.50. The van der Waals surface area contributed by atoms with Crippen molar-refractivity contribution in [2.75, 3.05) is 25.1 Å². The van der Waals surface area contributed by atoms with Crippen molar-refractivity contribution in [3.05, 3.63) is 33.8 Å². The maximum Gasteiger partial charge on any atom is 0.350 e. The SMILES string of the molecule is CCOc1ccc(NC(=O)COC(=O)c2sc(C)nc2C)cc1OCC. The van der Waals surface area contributed by atoms with Crippen LogP contribution >= 0.6 is 11.3 Å². The van der Waals surface area contributed by atoms with Crippen LogP contribution in [0.4, 0.5) is 5.69 Å². The Kier molecular flexibility index (Phi) is 6.97. The van der Waals surface area contributed by atoms with Crippen LogP contribution in [0.1, 0.15) is 34.2 Å². The van der Waals surface area contributed by atoms with Gasteiger partial charge in [0.15, 0.2) is 18.1 Å². The van der Waals surface area contributed by atoms with E-state index in [1.807, 2.05) is 20.8 Å². The first kappa shape index (κ1) is 19.7. The lowest BCUT2D eigenvalue weighted by Crippen LogP contribution is -2.21. The summed E-state index contributed by atoms with van der Waals surface area (Å²) in [5, 5.41) is 3.45. The van der Waals surface area contributed by atoms with Gasteiger partial charge in [-0.25, -0.2) is 9.78 Å². The average Bonchev–Trinajstić information content (AvgIpc) is 2.94. The maximum absolute atomic E-state index is 12.0. The van der Waals surface area contributed by atoms with Crippen LogP contribution in [0.25, 0.3) is 0 Å². The fraction of sp³-hybridized carbons (Fsp3) is 0.389. The number of amides is 1. The third-order valence-electron chi connectivity index (χ3n) is 3.25. The number of nitrogens with zero attached hydrogens (tertiary/aromatic N) is 1. The summed E-state index contributed by atoms with van der Waals surface area (Å²) in [4.78, 5) is 28.6. The van der Waals surface area contributed by atoms with Crippen molar-refractivity contribution in [2.45, 2.75) is 27.7 Å². The van der Waals surface area contributed by atoms with E-state index in [1.165, 1.54) is 11.3 Å². The number of ether oxygens (including phenoxy) is 3. The molecule has 0 atom stereocenters. The summed E-state index contributed by atoms with van der Waals surface area (Å²) in [7, 11) is 0. The Morgan fingerprint density at radius 3 is 2.42 bits per heavy atom. The smallest absolute Gasteiger partial charge is 0.350 e. The van der Waals surface area contributed by atoms with Gasteiger partial charge in [-0.2, -0.15) is 0 Å². The molecule has 2 aromatic rings. The van der Waals surface area contributed by atoms with E-state index in [2.05, 4.69) is 10.3 Å². The normalized spacial score (nSPS) is 10.3. The summed E-state index contributed by atoms with van der Waals surface area (Å²) in [6.07, 6.45) is 0. The topological polar surface area (TPSA) is 86.8 Å². The Morgan fingerprint density at radius 1 is 1.12 bits per heavy atom. The van der Waals surface area contributed by atoms with Gasteiger partial charge >= 0.3 is 5.97 Å². The van der Waals surface area contributed by atoms with Crippen LogP contribution in [-0.2, 0) is 9.53 Å². The number of esters is 1. The van der Waals surface area contributed by atoms with Gasteiger partial charge in [0.1, 0.15) is 4.88 Å². The average molecular weight is 378 g/mol. The molecule has 0 fully saturated rings. The number of aryl methyl sites for hydroxylation is 2. The molecule has 0 aliphatic rings. The molecule has 1 aromatic heterocycles. The molecule has 1 amide bonds. The Bertz CT molecular complexity index is 788. The molecule has 1 N–H and O–H groups in total. The molecule has 140 valence electrons. The number of rotatable bonds is 8. The molecule has 26 heavy (non-hydrogen) atoms. The van der Waals surface area contributed by atoms with Crippen molar-refractivity contribution < 1.29 is 23.8 Å². The number of nitrogens with one attached hydrogen (secondary N) is 1. The quantitative estimate of drug-likeness (QED) is 0.709. The monoisotopic (exact) mass is 378 g/mol. The summed E-state index contributed by atoms with van der Waals surface area (Å²) in [6, 6.07) is 5.09. The van der Waals surface area contributed by atoms with Gasteiger partial charge in [-0.1, -0.05) is 0 Å². The highest BCUT2D eigenvalue weighted by atomic mass is 32.1. The number of aromatic nitrogens is 1. The van der Waals surface area contributed by atoms with Crippen LogP contribution < -0.4 is 14.8 Å². The van der Waals surface area contributed by atoms with E-state index in [-0.39, 0.29) is 6.61 Å². The fourth-order valence-corrected chi connectivity index (χ4v) is 3.06. The zero-order valence-corrected chi connectivity index (χ0v) is 16.1. The van der Waals surface area contributed by atoms with Crippen molar-refractivity contribution >= 4 is 28.9 Å². The van der Waals surface area contributed by atoms with Gasteiger partial charge in [0, 0.05) is 11.8 Å². The molecule has 0 aliphatic heterocycles. The number of anilines is 1. The van der Waals surface area contributed by atoms with Crippen molar-refractivity contribution in [1.82, 2.24) is 4.98 Å². The number of carbonyl (C=O) groups is 2. The first-order chi connectivity index (χ1) is 12.4. The van der Waals surface area contributed by atoms with E-state index < -0.39 is 11.9 Å². The Balaban J connectivity index is 1.95. The Hall–Kier alpha value is -2.61. The van der Waals surface area contributed by atoms with Crippen LogP contribution in [-0.4, -0.2) is 36.7 Å². The second kappa shape index (κ2) is 9.19. The molecule has 0 saturated carbocycles. The van der Waals surface area contributed by atoms with Gasteiger partial charge in [-0.15, -0.1) is 11.3 Å². The lowest BCUT2D eigenvalue weighted by Gasteiger charge is -2.13. The lowest BCUT2D eigenvalue weighted by atomic mass is 10.2. The van der Waals surface area contributed by atoms with Crippen molar-refractivity contribution in [2.24, 2.45) is 0 Å². The van der Waals surface area contributed by atoms with Crippen molar-refractivity contribution in [3.63, 3.8) is 0 Å². The maximum atomic E-state index is 12.0. The number of hydrogen-bond acceptors (Lipinski definition) is 7. The third-order valence-corrected chi connectivity index (χ3v) is 4.30. The molecule has 0 radical (unpaired) electrons. The standard InChI is InChI=1S/C18H22N2O5S/c1-5-23-14-8-7-13(9-15(14)24-6-2)20-16(21)10-25-18(22)17-11(3)19-12(4)26-17/h7-9H,5-6,10H2,1-4H3,(H,20,21). The number of benzene rings is 1. The van der Waals surface area contributed by atoms with Crippen LogP contribution in [0.5, 0.6) is 11.5 Å². The molecule has 7 nitrogen and oxygen atoms in total. The van der Waals surface area contributed by atoms with Gasteiger partial charge in [0.2, 0.25) is 0 Å². The molecule has 0 aliphatic carbocycles. The minimum atomic E-state index is -0.551. The summed E-state index contributed by atoms with van der Waals surface area (Å²) >= 11 is 1.24. The fourth-order valence-electron chi connectivity index (χ4n) is 2.24. The second-order valence-electron chi connectivity index (χ2n) is 5.30. The molecule has 0 bridgehead atoms. The van der Waals surface area contributed by atoms with Crippen LogP contribution in [0.15, 0.2) is 18.2 Å². The van der Waals surface area contributed by atoms with Gasteiger partial charge in [-0.05, 0) is 39.8 Å². The Morgan fingerprint density at radius 2 is 1.81 bits per heavy atom. The van der Waals surface area contributed by atoms with Crippen molar-refractivity contribution in [1.29, 1.82) is 0 Å². The third kappa shape index (κ3) is 5.19. The summed E-state index contributed by atoms with van der Waals surface area (Å²) < 4.78 is 16.1. The van der Waals surface area contributed by atoms with Gasteiger partial charge in [0.05, 0.1) is 23.9 Å². The minimum absolute atomic E-state index is 0.383. The van der Waals surface area contributed by atoms with Gasteiger partial charge < -0.3 is 19.5 Å². The van der Waals surface area contributed by atoms with Gasteiger partial charge in [0.25, 0.3) is 5.91 Å². The molecule has 1 aromatic carbocycles. The van der Waals surface area contributed by atoms with Crippen LogP contribution in [0, 0.1) is 13.8 Å². The summed E-state index contributed by atoms with van der Waals surface area (Å²) in [6.45, 7) is 7.89. The van der Waals surface area contributed by atoms with E-state index in [4.69, 9.17) is 14.2 Å². The highest BCUT2D eigenvalue weighted by Gasteiger charge is 2.17. The predicted octanol–water partition coefficient (Wildman–Crippen LogP) is 3.35.